The SMILES string of the molecule is CC[C@@]1(c2ccccc2)NC(=O)N(/N=C\c2cc(C)ccc2C)C1=O. The maximum atomic E-state index is 13.0. The topological polar surface area (TPSA) is 61.8 Å². The second-order valence-electron chi connectivity index (χ2n) is 6.28. The molecule has 3 amide bonds. The molecule has 1 N–H and O–H groups in total. The summed E-state index contributed by atoms with van der Waals surface area (Å²) >= 11 is 0. The number of nitrogens with zero attached hydrogens (tertiary/aromatic N) is 2. The Balaban J connectivity index is 1.94. The molecule has 128 valence electrons. The predicted octanol–water partition coefficient (Wildman–Crippen LogP) is 3.49. The van der Waals surface area contributed by atoms with E-state index in [-0.39, 0.29) is 5.91 Å². The molecular weight excluding hydrogens is 314 g/mol. The Hall–Kier alpha value is -2.95. The minimum atomic E-state index is -1.06. The molecule has 1 fully saturated rings. The lowest BCUT2D eigenvalue weighted by Gasteiger charge is -2.24. The fourth-order valence-electron chi connectivity index (χ4n) is 3.05. The molecule has 2 aromatic carbocycles. The van der Waals surface area contributed by atoms with Gasteiger partial charge >= 0.3 is 6.03 Å². The van der Waals surface area contributed by atoms with Gasteiger partial charge in [0, 0.05) is 0 Å². The normalized spacial score (nSPS) is 20.4. The van der Waals surface area contributed by atoms with Gasteiger partial charge in [-0.3, -0.25) is 4.79 Å². The Morgan fingerprint density at radius 2 is 1.84 bits per heavy atom. The van der Waals surface area contributed by atoms with Gasteiger partial charge in [0.1, 0.15) is 5.54 Å². The van der Waals surface area contributed by atoms with Crippen LogP contribution in [0.1, 0.15) is 35.6 Å². The summed E-state index contributed by atoms with van der Waals surface area (Å²) in [4.78, 5) is 25.4. The van der Waals surface area contributed by atoms with Crippen LogP contribution < -0.4 is 5.32 Å². The Morgan fingerprint density at radius 1 is 1.12 bits per heavy atom. The molecule has 1 atom stereocenters. The van der Waals surface area contributed by atoms with Crippen LogP contribution in [0.25, 0.3) is 0 Å². The fraction of sp³-hybridized carbons (Fsp3) is 0.250. The van der Waals surface area contributed by atoms with E-state index >= 15 is 0 Å². The van der Waals surface area contributed by atoms with Gasteiger partial charge in [-0.2, -0.15) is 5.10 Å². The fourth-order valence-corrected chi connectivity index (χ4v) is 3.05. The smallest absolute Gasteiger partial charge is 0.318 e. The lowest BCUT2D eigenvalue weighted by molar-refractivity contribution is -0.131. The summed E-state index contributed by atoms with van der Waals surface area (Å²) in [5, 5.41) is 7.92. The van der Waals surface area contributed by atoms with Crippen molar-refractivity contribution in [2.75, 3.05) is 0 Å². The summed E-state index contributed by atoms with van der Waals surface area (Å²) in [6.45, 7) is 5.83. The molecule has 5 heteroatoms. The zero-order valence-corrected chi connectivity index (χ0v) is 14.6. The maximum absolute atomic E-state index is 13.0. The van der Waals surface area contributed by atoms with Gasteiger partial charge < -0.3 is 5.32 Å². The third-order valence-corrected chi connectivity index (χ3v) is 4.61. The number of amides is 3. The molecule has 0 spiro atoms. The number of imide groups is 1. The summed E-state index contributed by atoms with van der Waals surface area (Å²) < 4.78 is 0. The molecule has 1 heterocycles. The quantitative estimate of drug-likeness (QED) is 0.687. The van der Waals surface area contributed by atoms with E-state index in [1.165, 1.54) is 0 Å². The monoisotopic (exact) mass is 335 g/mol. The highest BCUT2D eigenvalue weighted by molar-refractivity contribution is 6.07. The summed E-state index contributed by atoms with van der Waals surface area (Å²) in [5.74, 6) is -0.354. The molecule has 2 aromatic rings. The molecule has 0 bridgehead atoms. The molecule has 0 unspecified atom stereocenters. The minimum Gasteiger partial charge on any atom is -0.318 e. The van der Waals surface area contributed by atoms with E-state index in [2.05, 4.69) is 10.4 Å². The predicted molar refractivity (Wildman–Crippen MR) is 97.3 cm³/mol. The summed E-state index contributed by atoms with van der Waals surface area (Å²) in [6.07, 6.45) is 2.02. The van der Waals surface area contributed by atoms with Gasteiger partial charge in [-0.15, -0.1) is 5.01 Å². The number of nitrogens with one attached hydrogen (secondary N) is 1. The first-order valence-electron chi connectivity index (χ1n) is 8.31. The first kappa shape index (κ1) is 16.9. The average molecular weight is 335 g/mol. The van der Waals surface area contributed by atoms with Crippen molar-refractivity contribution < 1.29 is 9.59 Å². The van der Waals surface area contributed by atoms with Gasteiger partial charge in [0.15, 0.2) is 0 Å². The largest absolute Gasteiger partial charge is 0.346 e. The van der Waals surface area contributed by atoms with Crippen LogP contribution in [-0.2, 0) is 10.3 Å². The van der Waals surface area contributed by atoms with Crippen LogP contribution in [-0.4, -0.2) is 23.2 Å². The molecule has 0 radical (unpaired) electrons. The number of hydrazone groups is 1. The summed E-state index contributed by atoms with van der Waals surface area (Å²) in [7, 11) is 0. The Labute approximate surface area is 147 Å². The number of rotatable bonds is 4. The molecule has 1 saturated heterocycles. The average Bonchev–Trinajstić information content (AvgIpc) is 2.87. The number of benzene rings is 2. The van der Waals surface area contributed by atoms with E-state index in [9.17, 15) is 9.59 Å². The Bertz CT molecular complexity index is 845. The minimum absolute atomic E-state index is 0.354. The maximum Gasteiger partial charge on any atom is 0.346 e. The Morgan fingerprint density at radius 3 is 2.52 bits per heavy atom. The number of carbonyl (C=O) groups excluding carboxylic acids is 2. The third kappa shape index (κ3) is 2.93. The highest BCUT2D eigenvalue weighted by atomic mass is 16.2. The van der Waals surface area contributed by atoms with Gasteiger partial charge in [-0.25, -0.2) is 4.79 Å². The first-order valence-corrected chi connectivity index (χ1v) is 8.31. The van der Waals surface area contributed by atoms with Crippen molar-refractivity contribution in [2.24, 2.45) is 5.10 Å². The van der Waals surface area contributed by atoms with E-state index in [4.69, 9.17) is 0 Å². The second kappa shape index (κ2) is 6.51. The van der Waals surface area contributed by atoms with Gasteiger partial charge in [-0.05, 0) is 37.0 Å². The van der Waals surface area contributed by atoms with Gasteiger partial charge in [0.05, 0.1) is 6.21 Å². The van der Waals surface area contributed by atoms with Gasteiger partial charge in [0.2, 0.25) is 0 Å². The molecule has 5 nitrogen and oxygen atoms in total. The van der Waals surface area contributed by atoms with E-state index in [1.54, 1.807) is 6.21 Å². The number of aryl methyl sites for hydroxylation is 2. The van der Waals surface area contributed by atoms with E-state index in [0.29, 0.717) is 6.42 Å². The molecule has 3 rings (SSSR count). The van der Waals surface area contributed by atoms with Crippen LogP contribution in [0.3, 0.4) is 0 Å². The molecule has 25 heavy (non-hydrogen) atoms. The molecule has 0 aliphatic carbocycles. The zero-order valence-electron chi connectivity index (χ0n) is 14.6. The number of hydrogen-bond donors (Lipinski definition) is 1. The van der Waals surface area contributed by atoms with Crippen molar-refractivity contribution in [3.8, 4) is 0 Å². The number of hydrogen-bond acceptors (Lipinski definition) is 3. The highest BCUT2D eigenvalue weighted by Crippen LogP contribution is 2.32. The van der Waals surface area contributed by atoms with E-state index in [0.717, 1.165) is 27.3 Å². The van der Waals surface area contributed by atoms with Crippen molar-refractivity contribution >= 4 is 18.2 Å². The van der Waals surface area contributed by atoms with E-state index in [1.807, 2.05) is 69.3 Å². The van der Waals surface area contributed by atoms with Crippen LogP contribution in [0.5, 0.6) is 0 Å². The second-order valence-corrected chi connectivity index (χ2v) is 6.28. The molecule has 1 aliphatic rings. The van der Waals surface area contributed by atoms with Crippen LogP contribution in [0.4, 0.5) is 4.79 Å². The van der Waals surface area contributed by atoms with Gasteiger partial charge in [0.25, 0.3) is 5.91 Å². The highest BCUT2D eigenvalue weighted by Gasteiger charge is 2.51. The van der Waals surface area contributed by atoms with Crippen molar-refractivity contribution in [3.63, 3.8) is 0 Å². The lowest BCUT2D eigenvalue weighted by atomic mass is 9.87. The lowest BCUT2D eigenvalue weighted by Crippen LogP contribution is -2.43. The van der Waals surface area contributed by atoms with Crippen molar-refractivity contribution in [1.29, 1.82) is 0 Å². The zero-order chi connectivity index (χ0) is 18.0. The van der Waals surface area contributed by atoms with Crippen LogP contribution in [0.15, 0.2) is 53.6 Å². The van der Waals surface area contributed by atoms with Gasteiger partial charge in [-0.1, -0.05) is 61.0 Å². The Kier molecular flexibility index (Phi) is 4.40. The number of urea groups is 1. The molecular formula is C20H21N3O2. The molecule has 0 saturated carbocycles. The summed E-state index contributed by atoms with van der Waals surface area (Å²) in [5.41, 5.74) is 2.72. The third-order valence-electron chi connectivity index (χ3n) is 4.61. The first-order chi connectivity index (χ1) is 12.0. The number of carbonyl (C=O) groups is 2. The van der Waals surface area contributed by atoms with Crippen molar-refractivity contribution in [1.82, 2.24) is 10.3 Å². The van der Waals surface area contributed by atoms with Crippen LogP contribution in [0, 0.1) is 13.8 Å². The standard InChI is InChI=1S/C20H21N3O2/c1-4-20(17-8-6-5-7-9-17)18(24)23(19(25)22-20)21-13-16-12-14(2)10-11-15(16)3/h5-13H,4H2,1-3H3,(H,22,25)/b21-13-/t20-/m0/s1. The summed E-state index contributed by atoms with van der Waals surface area (Å²) in [6, 6.07) is 14.8. The van der Waals surface area contributed by atoms with Crippen molar-refractivity contribution in [3.05, 3.63) is 70.8 Å². The molecule has 0 aromatic heterocycles. The van der Waals surface area contributed by atoms with Crippen LogP contribution in [0.2, 0.25) is 0 Å². The van der Waals surface area contributed by atoms with E-state index < -0.39 is 11.6 Å². The van der Waals surface area contributed by atoms with Crippen LogP contribution >= 0.6 is 0 Å². The van der Waals surface area contributed by atoms with Crippen molar-refractivity contribution in [2.45, 2.75) is 32.7 Å². The molecule has 1 aliphatic heterocycles.